The molecule has 0 aromatic carbocycles. The van der Waals surface area contributed by atoms with Gasteiger partial charge in [0.05, 0.1) is 11.0 Å². The van der Waals surface area contributed by atoms with Crippen molar-refractivity contribution in [3.8, 4) is 0 Å². The lowest BCUT2D eigenvalue weighted by atomic mass is 9.81. The molecule has 1 aliphatic carbocycles. The molecule has 1 N–H and O–H groups in total. The summed E-state index contributed by atoms with van der Waals surface area (Å²) in [7, 11) is 0. The summed E-state index contributed by atoms with van der Waals surface area (Å²) in [6.45, 7) is 10.3. The van der Waals surface area contributed by atoms with Crippen molar-refractivity contribution >= 4 is 17.6 Å². The van der Waals surface area contributed by atoms with Crippen LogP contribution in [0.2, 0.25) is 0 Å². The summed E-state index contributed by atoms with van der Waals surface area (Å²) in [5, 5.41) is 10.7. The number of esters is 1. The van der Waals surface area contributed by atoms with Crippen molar-refractivity contribution in [1.29, 1.82) is 0 Å². The molecule has 1 heterocycles. The van der Waals surface area contributed by atoms with Crippen LogP contribution in [0.4, 0.5) is 0 Å². The fraction of sp³-hybridized carbons (Fsp3) is 0.850. The van der Waals surface area contributed by atoms with Gasteiger partial charge in [-0.1, -0.05) is 52.5 Å². The normalized spacial score (nSPS) is 43.0. The molecule has 0 radical (unpaired) electrons. The first-order valence-corrected chi connectivity index (χ1v) is 9.85. The second-order valence-corrected chi connectivity index (χ2v) is 9.24. The molecule has 2 rings (SSSR count). The van der Waals surface area contributed by atoms with E-state index < -0.39 is 11.0 Å². The van der Waals surface area contributed by atoms with E-state index in [0.29, 0.717) is 23.8 Å². The van der Waals surface area contributed by atoms with Crippen LogP contribution in [0, 0.1) is 17.8 Å². The second kappa shape index (κ2) is 8.23. The van der Waals surface area contributed by atoms with Gasteiger partial charge in [0.15, 0.2) is 0 Å². The number of halogens is 1. The van der Waals surface area contributed by atoms with E-state index in [9.17, 15) is 9.90 Å². The molecule has 4 heteroatoms. The van der Waals surface area contributed by atoms with Crippen LogP contribution >= 0.6 is 11.6 Å². The Balaban J connectivity index is 2.14. The van der Waals surface area contributed by atoms with Crippen molar-refractivity contribution in [2.24, 2.45) is 17.8 Å². The molecule has 0 aromatic rings. The van der Waals surface area contributed by atoms with E-state index in [1.165, 1.54) is 12.8 Å². The fourth-order valence-electron chi connectivity index (χ4n) is 4.10. The predicted octanol–water partition coefficient (Wildman–Crippen LogP) is 4.85. The van der Waals surface area contributed by atoms with Gasteiger partial charge in [0.1, 0.15) is 6.10 Å². The molecule has 2 fully saturated rings. The molecule has 1 saturated carbocycles. The zero-order valence-electron chi connectivity index (χ0n) is 15.4. The van der Waals surface area contributed by atoms with Crippen LogP contribution in [0.3, 0.4) is 0 Å². The Kier molecular flexibility index (Phi) is 6.78. The van der Waals surface area contributed by atoms with E-state index in [1.54, 1.807) is 0 Å². The van der Waals surface area contributed by atoms with Gasteiger partial charge in [0.2, 0.25) is 0 Å². The van der Waals surface area contributed by atoms with Gasteiger partial charge >= 0.3 is 5.97 Å². The number of aliphatic hydroxyl groups is 1. The highest BCUT2D eigenvalue weighted by atomic mass is 35.5. The number of hydrogen-bond donors (Lipinski definition) is 1. The maximum Gasteiger partial charge on any atom is 0.334 e. The summed E-state index contributed by atoms with van der Waals surface area (Å²) < 4.78 is 5.55. The minimum absolute atomic E-state index is 0.116. The molecule has 0 bridgehead atoms. The van der Waals surface area contributed by atoms with Crippen LogP contribution in [-0.4, -0.2) is 28.2 Å². The van der Waals surface area contributed by atoms with E-state index in [2.05, 4.69) is 20.4 Å². The third kappa shape index (κ3) is 4.98. The van der Waals surface area contributed by atoms with Crippen LogP contribution in [0.5, 0.6) is 0 Å². The molecule has 138 valence electrons. The van der Waals surface area contributed by atoms with E-state index in [-0.39, 0.29) is 18.0 Å². The molecule has 0 spiro atoms. The summed E-state index contributed by atoms with van der Waals surface area (Å²) in [5.41, 5.74) is 0.499. The summed E-state index contributed by atoms with van der Waals surface area (Å²) >= 11 is 6.64. The van der Waals surface area contributed by atoms with Crippen molar-refractivity contribution in [2.75, 3.05) is 0 Å². The van der Waals surface area contributed by atoms with Gasteiger partial charge in [-0.3, -0.25) is 0 Å². The molecular weight excluding hydrogens is 324 g/mol. The molecule has 1 aliphatic heterocycles. The highest BCUT2D eigenvalue weighted by Crippen LogP contribution is 2.39. The van der Waals surface area contributed by atoms with Gasteiger partial charge in [-0.15, -0.1) is 11.6 Å². The van der Waals surface area contributed by atoms with E-state index in [0.717, 1.165) is 32.1 Å². The van der Waals surface area contributed by atoms with Crippen LogP contribution in [-0.2, 0) is 9.53 Å². The lowest BCUT2D eigenvalue weighted by Gasteiger charge is -2.32. The highest BCUT2D eigenvalue weighted by Gasteiger charge is 2.43. The van der Waals surface area contributed by atoms with E-state index in [1.807, 2.05) is 6.92 Å². The van der Waals surface area contributed by atoms with E-state index >= 15 is 0 Å². The Morgan fingerprint density at radius 3 is 2.50 bits per heavy atom. The third-order valence-electron chi connectivity index (χ3n) is 5.98. The number of carbonyl (C=O) groups excluding carboxylic acids is 1. The van der Waals surface area contributed by atoms with Crippen LogP contribution in [0.15, 0.2) is 12.2 Å². The minimum Gasteiger partial charge on any atom is -0.458 e. The maximum absolute atomic E-state index is 12.0. The van der Waals surface area contributed by atoms with Crippen molar-refractivity contribution in [1.82, 2.24) is 0 Å². The number of fused-ring (bicyclic) bond motifs is 1. The number of rotatable bonds is 0. The molecular formula is C20H33ClO3. The zero-order valence-corrected chi connectivity index (χ0v) is 16.1. The van der Waals surface area contributed by atoms with Crippen LogP contribution in [0.25, 0.3) is 0 Å². The fourth-order valence-corrected chi connectivity index (χ4v) is 4.32. The molecule has 3 nitrogen and oxygen atoms in total. The largest absolute Gasteiger partial charge is 0.458 e. The zero-order chi connectivity index (χ0) is 17.9. The molecule has 6 atom stereocenters. The lowest BCUT2D eigenvalue weighted by Crippen LogP contribution is -2.37. The van der Waals surface area contributed by atoms with Gasteiger partial charge in [0, 0.05) is 11.5 Å². The standard InChI is InChI=1S/C20H33ClO3/c1-13-7-5-8-14(2)11-17-16(15(3)19(23)24-17)12-18(22)20(4,21)10-6-9-13/h13-14,16-18,22H,3,5-12H2,1-2,4H3/t13?,14?,16-,17-,18+,20-/m0/s1. The first-order valence-electron chi connectivity index (χ1n) is 9.47. The number of alkyl halides is 1. The number of hydrogen-bond acceptors (Lipinski definition) is 3. The minimum atomic E-state index is -0.661. The summed E-state index contributed by atoms with van der Waals surface area (Å²) in [6, 6.07) is 0. The SMILES string of the molecule is C=C1C(=O)O[C@H]2CC(C)CCCC(C)CCC[C@](C)(Cl)[C@H](O)C[C@@H]12. The van der Waals surface area contributed by atoms with Crippen molar-refractivity contribution < 1.29 is 14.6 Å². The molecule has 24 heavy (non-hydrogen) atoms. The van der Waals surface area contributed by atoms with Crippen molar-refractivity contribution in [3.63, 3.8) is 0 Å². The first-order chi connectivity index (χ1) is 11.2. The number of carbonyl (C=O) groups is 1. The van der Waals surface area contributed by atoms with Gasteiger partial charge in [-0.25, -0.2) is 4.79 Å². The second-order valence-electron chi connectivity index (χ2n) is 8.37. The summed E-state index contributed by atoms with van der Waals surface area (Å²) in [6.07, 6.45) is 7.05. The first kappa shape index (κ1) is 19.8. The average Bonchev–Trinajstić information content (AvgIpc) is 2.73. The van der Waals surface area contributed by atoms with Crippen molar-refractivity contribution in [2.45, 2.75) is 89.2 Å². The van der Waals surface area contributed by atoms with Gasteiger partial charge in [-0.05, 0) is 38.0 Å². The van der Waals surface area contributed by atoms with Crippen LogP contribution < -0.4 is 0 Å². The monoisotopic (exact) mass is 356 g/mol. The van der Waals surface area contributed by atoms with Gasteiger partial charge in [-0.2, -0.15) is 0 Å². The number of aliphatic hydroxyl groups excluding tert-OH is 1. The topological polar surface area (TPSA) is 46.5 Å². The Bertz CT molecular complexity index is 460. The van der Waals surface area contributed by atoms with Crippen molar-refractivity contribution in [3.05, 3.63) is 12.2 Å². The Morgan fingerprint density at radius 1 is 1.17 bits per heavy atom. The smallest absolute Gasteiger partial charge is 0.334 e. The summed E-state index contributed by atoms with van der Waals surface area (Å²) in [4.78, 5) is 11.3. The van der Waals surface area contributed by atoms with Gasteiger partial charge in [0.25, 0.3) is 0 Å². The Morgan fingerprint density at radius 2 is 1.79 bits per heavy atom. The third-order valence-corrected chi connectivity index (χ3v) is 6.42. The molecule has 0 aromatic heterocycles. The quantitative estimate of drug-likeness (QED) is 0.383. The summed E-state index contributed by atoms with van der Waals surface area (Å²) in [5.74, 6) is 0.779. The average molecular weight is 357 g/mol. The Labute approximate surface area is 151 Å². The maximum atomic E-state index is 12.0. The van der Waals surface area contributed by atoms with Crippen LogP contribution in [0.1, 0.15) is 72.1 Å². The lowest BCUT2D eigenvalue weighted by molar-refractivity contribution is -0.139. The van der Waals surface area contributed by atoms with Gasteiger partial charge < -0.3 is 9.84 Å². The molecule has 0 amide bonds. The van der Waals surface area contributed by atoms with E-state index in [4.69, 9.17) is 16.3 Å². The molecule has 2 aliphatic rings. The predicted molar refractivity (Wildman–Crippen MR) is 98.0 cm³/mol. The molecule has 2 unspecified atom stereocenters. The molecule has 1 saturated heterocycles. The Hall–Kier alpha value is -0.540. The number of ether oxygens (including phenoxy) is 1. The highest BCUT2D eigenvalue weighted by molar-refractivity contribution is 6.24.